The van der Waals surface area contributed by atoms with Crippen molar-refractivity contribution in [2.75, 3.05) is 19.7 Å². The molecular formula is C10H15ClN2O3. The van der Waals surface area contributed by atoms with Gasteiger partial charge in [-0.2, -0.15) is 0 Å². The van der Waals surface area contributed by atoms with Gasteiger partial charge in [0.05, 0.1) is 19.4 Å². The number of nitrogens with one attached hydrogen (secondary N) is 2. The minimum Gasteiger partial charge on any atom is -0.467 e. The molecule has 1 aromatic heterocycles. The van der Waals surface area contributed by atoms with Crippen LogP contribution < -0.4 is 10.6 Å². The van der Waals surface area contributed by atoms with Gasteiger partial charge in [0.15, 0.2) is 0 Å². The highest BCUT2D eigenvalue weighted by molar-refractivity contribution is 5.85. The number of halogens is 1. The van der Waals surface area contributed by atoms with Crippen molar-refractivity contribution in [2.45, 2.75) is 12.6 Å². The summed E-state index contributed by atoms with van der Waals surface area (Å²) in [5.41, 5.74) is 0. The molecule has 2 N–H and O–H groups in total. The molecule has 1 saturated heterocycles. The van der Waals surface area contributed by atoms with Crippen LogP contribution in [-0.2, 0) is 16.1 Å². The van der Waals surface area contributed by atoms with Gasteiger partial charge >= 0.3 is 0 Å². The van der Waals surface area contributed by atoms with E-state index in [1.165, 1.54) is 0 Å². The van der Waals surface area contributed by atoms with Crippen molar-refractivity contribution < 1.29 is 13.9 Å². The molecule has 0 radical (unpaired) electrons. The number of carbonyl (C=O) groups excluding carboxylic acids is 1. The molecule has 16 heavy (non-hydrogen) atoms. The van der Waals surface area contributed by atoms with Gasteiger partial charge in [-0.05, 0) is 12.1 Å². The summed E-state index contributed by atoms with van der Waals surface area (Å²) in [5, 5.41) is 5.86. The average Bonchev–Trinajstić information content (AvgIpc) is 2.80. The van der Waals surface area contributed by atoms with Crippen molar-refractivity contribution in [3.8, 4) is 0 Å². The molecule has 1 aromatic rings. The number of rotatable bonds is 3. The lowest BCUT2D eigenvalue weighted by Gasteiger charge is -2.22. The number of ether oxygens (including phenoxy) is 1. The van der Waals surface area contributed by atoms with Crippen molar-refractivity contribution in [2.24, 2.45) is 0 Å². The highest BCUT2D eigenvalue weighted by Crippen LogP contribution is 2.00. The Kier molecular flexibility index (Phi) is 5.31. The number of amides is 1. The van der Waals surface area contributed by atoms with Gasteiger partial charge in [-0.1, -0.05) is 0 Å². The maximum Gasteiger partial charge on any atom is 0.250 e. The van der Waals surface area contributed by atoms with E-state index in [2.05, 4.69) is 10.6 Å². The fourth-order valence-corrected chi connectivity index (χ4v) is 1.44. The largest absolute Gasteiger partial charge is 0.467 e. The topological polar surface area (TPSA) is 63.5 Å². The molecule has 6 heteroatoms. The molecule has 0 unspecified atom stereocenters. The Bertz CT molecular complexity index is 310. The molecule has 1 fully saturated rings. The minimum absolute atomic E-state index is 0. The van der Waals surface area contributed by atoms with Crippen molar-refractivity contribution in [1.82, 2.24) is 10.6 Å². The second-order valence-corrected chi connectivity index (χ2v) is 3.36. The first-order chi connectivity index (χ1) is 7.36. The van der Waals surface area contributed by atoms with E-state index in [4.69, 9.17) is 9.15 Å². The van der Waals surface area contributed by atoms with E-state index in [9.17, 15) is 4.79 Å². The SMILES string of the molecule is Cl.O=C(NCc1ccco1)[C@@H]1CNCCO1. The molecule has 1 aliphatic heterocycles. The van der Waals surface area contributed by atoms with Crippen LogP contribution in [0, 0.1) is 0 Å². The van der Waals surface area contributed by atoms with Crippen molar-refractivity contribution in [1.29, 1.82) is 0 Å². The summed E-state index contributed by atoms with van der Waals surface area (Å²) in [6, 6.07) is 3.61. The van der Waals surface area contributed by atoms with Crippen LogP contribution >= 0.6 is 12.4 Å². The third kappa shape index (κ3) is 3.52. The fourth-order valence-electron chi connectivity index (χ4n) is 1.44. The second kappa shape index (κ2) is 6.52. The Morgan fingerprint density at radius 3 is 3.12 bits per heavy atom. The van der Waals surface area contributed by atoms with Crippen LogP contribution in [0.4, 0.5) is 0 Å². The van der Waals surface area contributed by atoms with E-state index in [1.54, 1.807) is 12.3 Å². The third-order valence-electron chi connectivity index (χ3n) is 2.24. The maximum atomic E-state index is 11.6. The molecule has 0 bridgehead atoms. The first-order valence-corrected chi connectivity index (χ1v) is 4.98. The first-order valence-electron chi connectivity index (χ1n) is 4.98. The van der Waals surface area contributed by atoms with Gasteiger partial charge in [0, 0.05) is 13.1 Å². The molecular weight excluding hydrogens is 232 g/mol. The number of furan rings is 1. The van der Waals surface area contributed by atoms with Crippen LogP contribution in [-0.4, -0.2) is 31.7 Å². The Labute approximate surface area is 99.9 Å². The van der Waals surface area contributed by atoms with E-state index in [-0.39, 0.29) is 24.4 Å². The number of hydrogen-bond donors (Lipinski definition) is 2. The van der Waals surface area contributed by atoms with Crippen molar-refractivity contribution in [3.63, 3.8) is 0 Å². The Hall–Kier alpha value is -1.04. The molecule has 2 rings (SSSR count). The monoisotopic (exact) mass is 246 g/mol. The molecule has 5 nitrogen and oxygen atoms in total. The van der Waals surface area contributed by atoms with Gasteiger partial charge in [-0.15, -0.1) is 12.4 Å². The van der Waals surface area contributed by atoms with Crippen LogP contribution in [0.5, 0.6) is 0 Å². The van der Waals surface area contributed by atoms with Gasteiger partial charge in [-0.25, -0.2) is 0 Å². The summed E-state index contributed by atoms with van der Waals surface area (Å²) in [4.78, 5) is 11.6. The highest BCUT2D eigenvalue weighted by atomic mass is 35.5. The predicted molar refractivity (Wildman–Crippen MR) is 60.4 cm³/mol. The number of hydrogen-bond acceptors (Lipinski definition) is 4. The number of carbonyl (C=O) groups is 1. The zero-order valence-electron chi connectivity index (χ0n) is 8.77. The average molecular weight is 247 g/mol. The molecule has 0 spiro atoms. The van der Waals surface area contributed by atoms with Crippen LogP contribution in [0.2, 0.25) is 0 Å². The molecule has 0 aromatic carbocycles. The third-order valence-corrected chi connectivity index (χ3v) is 2.24. The first kappa shape index (κ1) is 13.0. The summed E-state index contributed by atoms with van der Waals surface area (Å²) in [6.45, 7) is 2.37. The molecule has 90 valence electrons. The zero-order valence-corrected chi connectivity index (χ0v) is 9.59. The minimum atomic E-state index is -0.381. The molecule has 0 aliphatic carbocycles. The Morgan fingerprint density at radius 1 is 1.62 bits per heavy atom. The van der Waals surface area contributed by atoms with Gasteiger partial charge < -0.3 is 19.8 Å². The predicted octanol–water partition coefficient (Wildman–Crippen LogP) is 0.306. The summed E-state index contributed by atoms with van der Waals surface area (Å²) in [7, 11) is 0. The zero-order chi connectivity index (χ0) is 10.5. The van der Waals surface area contributed by atoms with Crippen LogP contribution in [0.25, 0.3) is 0 Å². The lowest BCUT2D eigenvalue weighted by Crippen LogP contribution is -2.47. The highest BCUT2D eigenvalue weighted by Gasteiger charge is 2.21. The van der Waals surface area contributed by atoms with Gasteiger partial charge in [0.25, 0.3) is 5.91 Å². The van der Waals surface area contributed by atoms with E-state index >= 15 is 0 Å². The molecule has 0 saturated carbocycles. The quantitative estimate of drug-likeness (QED) is 0.806. The molecule has 2 heterocycles. The summed E-state index contributed by atoms with van der Waals surface area (Å²) in [5.74, 6) is 0.644. The van der Waals surface area contributed by atoms with Crippen LogP contribution in [0.3, 0.4) is 0 Å². The number of morpholine rings is 1. The summed E-state index contributed by atoms with van der Waals surface area (Å²) < 4.78 is 10.4. The summed E-state index contributed by atoms with van der Waals surface area (Å²) in [6.07, 6.45) is 1.20. The van der Waals surface area contributed by atoms with Gasteiger partial charge in [0.1, 0.15) is 11.9 Å². The van der Waals surface area contributed by atoms with Crippen molar-refractivity contribution in [3.05, 3.63) is 24.2 Å². The van der Waals surface area contributed by atoms with E-state index in [0.29, 0.717) is 19.7 Å². The van der Waals surface area contributed by atoms with E-state index in [0.717, 1.165) is 12.3 Å². The van der Waals surface area contributed by atoms with Gasteiger partial charge in [-0.3, -0.25) is 4.79 Å². The molecule has 1 amide bonds. The van der Waals surface area contributed by atoms with E-state index in [1.807, 2.05) is 6.07 Å². The standard InChI is InChI=1S/C10H14N2O3.ClH/c13-10(9-7-11-3-5-15-9)12-6-8-2-1-4-14-8;/h1-2,4,9,11H,3,5-7H2,(H,12,13);1H/t9-;/m0./s1. The van der Waals surface area contributed by atoms with E-state index < -0.39 is 0 Å². The molecule has 1 aliphatic rings. The van der Waals surface area contributed by atoms with Gasteiger partial charge in [0.2, 0.25) is 0 Å². The Balaban J connectivity index is 0.00000128. The lowest BCUT2D eigenvalue weighted by atomic mass is 10.3. The summed E-state index contributed by atoms with van der Waals surface area (Å²) >= 11 is 0. The lowest BCUT2D eigenvalue weighted by molar-refractivity contribution is -0.134. The smallest absolute Gasteiger partial charge is 0.250 e. The molecule has 1 atom stereocenters. The Morgan fingerprint density at radius 2 is 2.50 bits per heavy atom. The van der Waals surface area contributed by atoms with Crippen LogP contribution in [0.1, 0.15) is 5.76 Å². The maximum absolute atomic E-state index is 11.6. The fraction of sp³-hybridized carbons (Fsp3) is 0.500. The van der Waals surface area contributed by atoms with Crippen molar-refractivity contribution >= 4 is 18.3 Å². The van der Waals surface area contributed by atoms with Crippen LogP contribution in [0.15, 0.2) is 22.8 Å². The normalized spacial score (nSPS) is 19.9. The second-order valence-electron chi connectivity index (χ2n) is 3.36.